The molecule has 2 aromatic heterocycles. The first-order valence-corrected chi connectivity index (χ1v) is 5.54. The molecule has 82 valence electrons. The van der Waals surface area contributed by atoms with Crippen molar-refractivity contribution in [3.63, 3.8) is 0 Å². The van der Waals surface area contributed by atoms with Gasteiger partial charge in [-0.15, -0.1) is 0 Å². The number of hydrogen-bond donors (Lipinski definition) is 0. The highest BCUT2D eigenvalue weighted by Gasteiger charge is 2.14. The Labute approximate surface area is 93.9 Å². The average molecular weight is 215 g/mol. The molecule has 0 atom stereocenters. The normalized spacial score (nSPS) is 15.6. The second-order valence-electron chi connectivity index (χ2n) is 3.93. The van der Waals surface area contributed by atoms with E-state index in [1.54, 1.807) is 12.6 Å². The quantitative estimate of drug-likeness (QED) is 0.771. The Hall–Kier alpha value is -1.84. The zero-order chi connectivity index (χ0) is 10.8. The fourth-order valence-electron chi connectivity index (χ4n) is 2.03. The van der Waals surface area contributed by atoms with Gasteiger partial charge in [0.25, 0.3) is 0 Å². The van der Waals surface area contributed by atoms with Gasteiger partial charge in [0.1, 0.15) is 17.8 Å². The van der Waals surface area contributed by atoms with Gasteiger partial charge in [0, 0.05) is 19.2 Å². The standard InChI is InChI=1S/C12H13N3O/c1-2-6-15(5-1)12-8-10(13-9-14-12)11-4-3-7-16-11/h3-4,7-9H,1-2,5-6H2. The summed E-state index contributed by atoms with van der Waals surface area (Å²) in [7, 11) is 0. The minimum absolute atomic E-state index is 0.794. The van der Waals surface area contributed by atoms with E-state index in [4.69, 9.17) is 4.42 Å². The molecule has 1 saturated heterocycles. The lowest BCUT2D eigenvalue weighted by molar-refractivity contribution is 0.580. The number of nitrogens with zero attached hydrogens (tertiary/aromatic N) is 3. The van der Waals surface area contributed by atoms with Crippen LogP contribution in [0.2, 0.25) is 0 Å². The van der Waals surface area contributed by atoms with Gasteiger partial charge in [-0.3, -0.25) is 0 Å². The van der Waals surface area contributed by atoms with Gasteiger partial charge >= 0.3 is 0 Å². The molecule has 0 radical (unpaired) electrons. The van der Waals surface area contributed by atoms with Gasteiger partial charge in [0.05, 0.1) is 6.26 Å². The summed E-state index contributed by atoms with van der Waals surface area (Å²) in [5.41, 5.74) is 0.849. The molecule has 3 heterocycles. The van der Waals surface area contributed by atoms with Crippen LogP contribution in [-0.2, 0) is 0 Å². The van der Waals surface area contributed by atoms with Gasteiger partial charge in [0.2, 0.25) is 0 Å². The minimum atomic E-state index is 0.794. The predicted octanol–water partition coefficient (Wildman–Crippen LogP) is 2.34. The summed E-state index contributed by atoms with van der Waals surface area (Å²) in [6.45, 7) is 2.18. The third-order valence-corrected chi connectivity index (χ3v) is 2.86. The second-order valence-corrected chi connectivity index (χ2v) is 3.93. The molecule has 0 aliphatic carbocycles. The molecular weight excluding hydrogens is 202 g/mol. The number of furan rings is 1. The molecule has 0 bridgehead atoms. The molecule has 2 aromatic rings. The maximum absolute atomic E-state index is 5.33. The van der Waals surface area contributed by atoms with Gasteiger partial charge < -0.3 is 9.32 Å². The lowest BCUT2D eigenvalue weighted by atomic mass is 10.3. The summed E-state index contributed by atoms with van der Waals surface area (Å²) in [6.07, 6.45) is 5.76. The van der Waals surface area contributed by atoms with Crippen LogP contribution in [0.25, 0.3) is 11.5 Å². The van der Waals surface area contributed by atoms with Crippen LogP contribution in [0.5, 0.6) is 0 Å². The summed E-state index contributed by atoms with van der Waals surface area (Å²) in [5, 5.41) is 0. The van der Waals surface area contributed by atoms with Crippen molar-refractivity contribution < 1.29 is 4.42 Å². The van der Waals surface area contributed by atoms with Crippen molar-refractivity contribution in [2.45, 2.75) is 12.8 Å². The topological polar surface area (TPSA) is 42.2 Å². The lowest BCUT2D eigenvalue weighted by Gasteiger charge is -2.15. The molecule has 16 heavy (non-hydrogen) atoms. The molecule has 4 nitrogen and oxygen atoms in total. The van der Waals surface area contributed by atoms with Crippen molar-refractivity contribution in [2.24, 2.45) is 0 Å². The fraction of sp³-hybridized carbons (Fsp3) is 0.333. The summed E-state index contributed by atoms with van der Waals surface area (Å²) < 4.78 is 5.33. The number of rotatable bonds is 2. The van der Waals surface area contributed by atoms with E-state index in [-0.39, 0.29) is 0 Å². The second kappa shape index (κ2) is 3.96. The van der Waals surface area contributed by atoms with Gasteiger partial charge in [-0.05, 0) is 25.0 Å². The van der Waals surface area contributed by atoms with Crippen LogP contribution in [0.1, 0.15) is 12.8 Å². The Morgan fingerprint density at radius 2 is 2.06 bits per heavy atom. The zero-order valence-corrected chi connectivity index (χ0v) is 8.97. The summed E-state index contributed by atoms with van der Waals surface area (Å²) in [5.74, 6) is 1.79. The van der Waals surface area contributed by atoms with Gasteiger partial charge in [-0.2, -0.15) is 0 Å². The van der Waals surface area contributed by atoms with E-state index in [1.807, 2.05) is 18.2 Å². The van der Waals surface area contributed by atoms with E-state index in [0.717, 1.165) is 30.4 Å². The molecule has 1 fully saturated rings. The molecule has 0 N–H and O–H groups in total. The van der Waals surface area contributed by atoms with E-state index in [9.17, 15) is 0 Å². The molecule has 0 unspecified atom stereocenters. The van der Waals surface area contributed by atoms with Gasteiger partial charge in [0.15, 0.2) is 5.76 Å². The Kier molecular flexibility index (Phi) is 2.33. The fourth-order valence-corrected chi connectivity index (χ4v) is 2.03. The van der Waals surface area contributed by atoms with Crippen LogP contribution in [0, 0.1) is 0 Å². The minimum Gasteiger partial charge on any atom is -0.463 e. The van der Waals surface area contributed by atoms with Crippen molar-refractivity contribution >= 4 is 5.82 Å². The Balaban J connectivity index is 1.93. The van der Waals surface area contributed by atoms with E-state index < -0.39 is 0 Å². The van der Waals surface area contributed by atoms with Crippen LogP contribution in [0.4, 0.5) is 5.82 Å². The van der Waals surface area contributed by atoms with Crippen molar-refractivity contribution in [3.05, 3.63) is 30.8 Å². The molecule has 0 aromatic carbocycles. The van der Waals surface area contributed by atoms with E-state index in [2.05, 4.69) is 14.9 Å². The van der Waals surface area contributed by atoms with Gasteiger partial charge in [-0.25, -0.2) is 9.97 Å². The van der Waals surface area contributed by atoms with Crippen LogP contribution in [0.3, 0.4) is 0 Å². The maximum atomic E-state index is 5.33. The van der Waals surface area contributed by atoms with Crippen LogP contribution in [-0.4, -0.2) is 23.1 Å². The first kappa shape index (κ1) is 9.39. The zero-order valence-electron chi connectivity index (χ0n) is 8.97. The van der Waals surface area contributed by atoms with E-state index >= 15 is 0 Å². The number of hydrogen-bond acceptors (Lipinski definition) is 4. The molecule has 0 spiro atoms. The molecule has 4 heteroatoms. The van der Waals surface area contributed by atoms with Crippen molar-refractivity contribution in [2.75, 3.05) is 18.0 Å². The van der Waals surface area contributed by atoms with Crippen molar-refractivity contribution in [1.82, 2.24) is 9.97 Å². The molecule has 0 amide bonds. The summed E-state index contributed by atoms with van der Waals surface area (Å²) in [6, 6.07) is 5.77. The third-order valence-electron chi connectivity index (χ3n) is 2.86. The first-order chi connectivity index (χ1) is 7.93. The highest BCUT2D eigenvalue weighted by Crippen LogP contribution is 2.23. The number of anilines is 1. The van der Waals surface area contributed by atoms with Gasteiger partial charge in [-0.1, -0.05) is 0 Å². The highest BCUT2D eigenvalue weighted by molar-refractivity contribution is 5.57. The predicted molar refractivity (Wildman–Crippen MR) is 61.2 cm³/mol. The van der Waals surface area contributed by atoms with E-state index in [0.29, 0.717) is 0 Å². The smallest absolute Gasteiger partial charge is 0.152 e. The Morgan fingerprint density at radius 3 is 2.81 bits per heavy atom. The van der Waals surface area contributed by atoms with Crippen molar-refractivity contribution in [1.29, 1.82) is 0 Å². The Morgan fingerprint density at radius 1 is 1.19 bits per heavy atom. The molecule has 1 aliphatic heterocycles. The monoisotopic (exact) mass is 215 g/mol. The number of aromatic nitrogens is 2. The molecule has 3 rings (SSSR count). The maximum Gasteiger partial charge on any atom is 0.152 e. The molecule has 0 saturated carbocycles. The highest BCUT2D eigenvalue weighted by atomic mass is 16.3. The Bertz CT molecular complexity index is 461. The third kappa shape index (κ3) is 1.66. The lowest BCUT2D eigenvalue weighted by Crippen LogP contribution is -2.18. The van der Waals surface area contributed by atoms with E-state index in [1.165, 1.54) is 12.8 Å². The SMILES string of the molecule is c1coc(-c2cc(N3CCCC3)ncn2)c1. The largest absolute Gasteiger partial charge is 0.463 e. The average Bonchev–Trinajstić information content (AvgIpc) is 3.03. The first-order valence-electron chi connectivity index (χ1n) is 5.54. The molecular formula is C12H13N3O. The van der Waals surface area contributed by atoms with Crippen molar-refractivity contribution in [3.8, 4) is 11.5 Å². The van der Waals surface area contributed by atoms with Crippen LogP contribution < -0.4 is 4.90 Å². The summed E-state index contributed by atoms with van der Waals surface area (Å²) in [4.78, 5) is 10.8. The van der Waals surface area contributed by atoms with Crippen LogP contribution in [0.15, 0.2) is 35.2 Å². The van der Waals surface area contributed by atoms with Crippen LogP contribution >= 0.6 is 0 Å². The molecule has 1 aliphatic rings. The summed E-state index contributed by atoms with van der Waals surface area (Å²) >= 11 is 0.